The number of methoxy groups -OCH3 is 1. The van der Waals surface area contributed by atoms with E-state index in [1.54, 1.807) is 12.1 Å². The number of nitrogens with one attached hydrogen (secondary N) is 1. The fraction of sp³-hybridized carbons (Fsp3) is 0.467. The number of rotatable bonds is 3. The molecule has 4 heteroatoms. The van der Waals surface area contributed by atoms with E-state index in [1.165, 1.54) is 7.11 Å². The quantitative estimate of drug-likeness (QED) is 0.839. The average Bonchev–Trinajstić information content (AvgIpc) is 3.00. The van der Waals surface area contributed by atoms with E-state index in [0.29, 0.717) is 5.56 Å². The maximum Gasteiger partial charge on any atom is 0.317 e. The van der Waals surface area contributed by atoms with Gasteiger partial charge in [0.25, 0.3) is 0 Å². The van der Waals surface area contributed by atoms with Gasteiger partial charge in [-0.2, -0.15) is 5.26 Å². The van der Waals surface area contributed by atoms with Gasteiger partial charge in [0.15, 0.2) is 0 Å². The minimum atomic E-state index is -0.752. The minimum absolute atomic E-state index is 0.0499. The van der Waals surface area contributed by atoms with Gasteiger partial charge in [0, 0.05) is 6.04 Å². The summed E-state index contributed by atoms with van der Waals surface area (Å²) in [5.41, 5.74) is 0.640. The second-order valence-electron chi connectivity index (χ2n) is 5.04. The van der Waals surface area contributed by atoms with Crippen LogP contribution < -0.4 is 5.32 Å². The summed E-state index contributed by atoms with van der Waals surface area (Å²) in [6.07, 6.45) is 1.98. The summed E-state index contributed by atoms with van der Waals surface area (Å²) >= 11 is 0. The van der Waals surface area contributed by atoms with Crippen LogP contribution in [0.2, 0.25) is 0 Å². The van der Waals surface area contributed by atoms with Crippen LogP contribution in [0.3, 0.4) is 0 Å². The lowest BCUT2D eigenvalue weighted by Gasteiger charge is -2.33. The number of nitrogens with zero attached hydrogens (tertiary/aromatic N) is 1. The van der Waals surface area contributed by atoms with Crippen molar-refractivity contribution in [2.75, 3.05) is 13.7 Å². The lowest BCUT2D eigenvalue weighted by Crippen LogP contribution is -2.49. The zero-order chi connectivity index (χ0) is 13.9. The van der Waals surface area contributed by atoms with Crippen molar-refractivity contribution in [2.24, 2.45) is 0 Å². The first-order chi connectivity index (χ1) is 9.12. The Balaban J connectivity index is 2.47. The third-order valence-electron chi connectivity index (χ3n) is 3.96. The molecule has 4 nitrogen and oxygen atoms in total. The standard InChI is InChI=1S/C15H18N2O2/c1-15(14(18)19-2,13-7-4-8-17-13)12-6-3-5-11(9-12)10-16/h3,5-6,9,13,17H,4,7-8H2,1-2H3. The maximum absolute atomic E-state index is 12.3. The SMILES string of the molecule is COC(=O)C(C)(c1cccc(C#N)c1)C1CCCN1. The van der Waals surface area contributed by atoms with Crippen molar-refractivity contribution < 1.29 is 9.53 Å². The van der Waals surface area contributed by atoms with Gasteiger partial charge in [-0.3, -0.25) is 4.79 Å². The van der Waals surface area contributed by atoms with Crippen molar-refractivity contribution in [1.29, 1.82) is 5.26 Å². The van der Waals surface area contributed by atoms with E-state index in [-0.39, 0.29) is 12.0 Å². The Morgan fingerprint density at radius 2 is 2.37 bits per heavy atom. The Bertz CT molecular complexity index is 515. The summed E-state index contributed by atoms with van der Waals surface area (Å²) in [7, 11) is 1.41. The van der Waals surface area contributed by atoms with Gasteiger partial charge in [0.1, 0.15) is 5.41 Å². The average molecular weight is 258 g/mol. The van der Waals surface area contributed by atoms with Crippen LogP contribution in [0.4, 0.5) is 0 Å². The molecule has 1 N–H and O–H groups in total. The first-order valence-electron chi connectivity index (χ1n) is 6.45. The first kappa shape index (κ1) is 13.6. The number of carbonyl (C=O) groups excluding carboxylic acids is 1. The monoisotopic (exact) mass is 258 g/mol. The number of nitriles is 1. The van der Waals surface area contributed by atoms with Gasteiger partial charge in [0.05, 0.1) is 18.7 Å². The van der Waals surface area contributed by atoms with Crippen molar-refractivity contribution in [3.63, 3.8) is 0 Å². The molecule has 0 radical (unpaired) electrons. The molecule has 0 bridgehead atoms. The molecule has 1 aliphatic heterocycles. The Labute approximate surface area is 113 Å². The molecule has 1 aromatic carbocycles. The van der Waals surface area contributed by atoms with E-state index in [2.05, 4.69) is 11.4 Å². The first-order valence-corrected chi connectivity index (χ1v) is 6.45. The molecule has 1 heterocycles. The summed E-state index contributed by atoms with van der Waals surface area (Å²) in [4.78, 5) is 12.3. The van der Waals surface area contributed by atoms with E-state index in [9.17, 15) is 4.79 Å². The van der Waals surface area contributed by atoms with Crippen molar-refractivity contribution in [3.8, 4) is 6.07 Å². The third kappa shape index (κ3) is 2.34. The van der Waals surface area contributed by atoms with E-state index in [4.69, 9.17) is 10.00 Å². The van der Waals surface area contributed by atoms with Crippen LogP contribution >= 0.6 is 0 Å². The lowest BCUT2D eigenvalue weighted by molar-refractivity contribution is -0.148. The van der Waals surface area contributed by atoms with Crippen molar-refractivity contribution in [2.45, 2.75) is 31.2 Å². The highest BCUT2D eigenvalue weighted by Gasteiger charge is 2.45. The van der Waals surface area contributed by atoms with Crippen molar-refractivity contribution in [1.82, 2.24) is 5.32 Å². The number of hydrogen-bond acceptors (Lipinski definition) is 4. The van der Waals surface area contributed by atoms with Crippen LogP contribution in [0, 0.1) is 11.3 Å². The Morgan fingerprint density at radius 3 is 2.95 bits per heavy atom. The van der Waals surface area contributed by atoms with Gasteiger partial charge in [-0.1, -0.05) is 12.1 Å². The highest BCUT2D eigenvalue weighted by Crippen LogP contribution is 2.33. The smallest absolute Gasteiger partial charge is 0.317 e. The van der Waals surface area contributed by atoms with E-state index in [0.717, 1.165) is 24.9 Å². The number of carbonyl (C=O) groups is 1. The molecule has 2 atom stereocenters. The van der Waals surface area contributed by atoms with Gasteiger partial charge < -0.3 is 10.1 Å². The summed E-state index contributed by atoms with van der Waals surface area (Å²) < 4.78 is 4.99. The fourth-order valence-electron chi connectivity index (χ4n) is 2.76. The third-order valence-corrected chi connectivity index (χ3v) is 3.96. The summed E-state index contributed by atoms with van der Waals surface area (Å²) in [6, 6.07) is 9.37. The lowest BCUT2D eigenvalue weighted by atomic mass is 9.75. The summed E-state index contributed by atoms with van der Waals surface area (Å²) in [5.74, 6) is -0.262. The molecule has 0 aromatic heterocycles. The molecule has 2 unspecified atom stereocenters. The summed E-state index contributed by atoms with van der Waals surface area (Å²) in [5, 5.41) is 12.4. The Hall–Kier alpha value is -1.86. The molecular weight excluding hydrogens is 240 g/mol. The van der Waals surface area contributed by atoms with Gasteiger partial charge in [-0.25, -0.2) is 0 Å². The zero-order valence-corrected chi connectivity index (χ0v) is 11.3. The van der Waals surface area contributed by atoms with Crippen LogP contribution in [0.1, 0.15) is 30.9 Å². The second-order valence-corrected chi connectivity index (χ2v) is 5.04. The van der Waals surface area contributed by atoms with Gasteiger partial charge >= 0.3 is 5.97 Å². The minimum Gasteiger partial charge on any atom is -0.468 e. The number of benzene rings is 1. The maximum atomic E-state index is 12.3. The molecule has 19 heavy (non-hydrogen) atoms. The van der Waals surface area contributed by atoms with Crippen LogP contribution in [-0.2, 0) is 14.9 Å². The predicted octanol–water partition coefficient (Wildman–Crippen LogP) is 1.74. The molecule has 0 amide bonds. The molecule has 0 spiro atoms. The van der Waals surface area contributed by atoms with Gasteiger partial charge in [-0.05, 0) is 44.0 Å². The molecule has 0 aliphatic carbocycles. The highest BCUT2D eigenvalue weighted by atomic mass is 16.5. The van der Waals surface area contributed by atoms with Gasteiger partial charge in [-0.15, -0.1) is 0 Å². The molecular formula is C15H18N2O2. The molecule has 1 aliphatic rings. The number of ether oxygens (including phenoxy) is 1. The number of hydrogen-bond donors (Lipinski definition) is 1. The number of esters is 1. The van der Waals surface area contributed by atoms with E-state index >= 15 is 0 Å². The normalized spacial score (nSPS) is 21.4. The van der Waals surface area contributed by atoms with Crippen molar-refractivity contribution in [3.05, 3.63) is 35.4 Å². The van der Waals surface area contributed by atoms with Gasteiger partial charge in [0.2, 0.25) is 0 Å². The van der Waals surface area contributed by atoms with E-state index in [1.807, 2.05) is 19.1 Å². The molecule has 1 aromatic rings. The van der Waals surface area contributed by atoms with Crippen LogP contribution in [0.25, 0.3) is 0 Å². The molecule has 0 saturated carbocycles. The van der Waals surface area contributed by atoms with Crippen LogP contribution in [-0.4, -0.2) is 25.7 Å². The van der Waals surface area contributed by atoms with Crippen LogP contribution in [0.5, 0.6) is 0 Å². The van der Waals surface area contributed by atoms with Crippen molar-refractivity contribution >= 4 is 5.97 Å². The topological polar surface area (TPSA) is 62.1 Å². The highest BCUT2D eigenvalue weighted by molar-refractivity contribution is 5.84. The largest absolute Gasteiger partial charge is 0.468 e. The Morgan fingerprint density at radius 1 is 1.58 bits per heavy atom. The molecule has 100 valence electrons. The fourth-order valence-corrected chi connectivity index (χ4v) is 2.76. The zero-order valence-electron chi connectivity index (χ0n) is 11.3. The molecule has 1 saturated heterocycles. The molecule has 1 fully saturated rings. The molecule has 2 rings (SSSR count). The summed E-state index contributed by atoms with van der Waals surface area (Å²) in [6.45, 7) is 2.80. The predicted molar refractivity (Wildman–Crippen MR) is 71.5 cm³/mol. The second kappa shape index (κ2) is 5.41. The van der Waals surface area contributed by atoms with E-state index < -0.39 is 5.41 Å². The Kier molecular flexibility index (Phi) is 3.87. The van der Waals surface area contributed by atoms with Crippen LogP contribution in [0.15, 0.2) is 24.3 Å².